The minimum absolute atomic E-state index is 0.781. The van der Waals surface area contributed by atoms with Gasteiger partial charge in [0.25, 0.3) is 0 Å². The van der Waals surface area contributed by atoms with Crippen LogP contribution in [0.3, 0.4) is 0 Å². The summed E-state index contributed by atoms with van der Waals surface area (Å²) in [5, 5.41) is 3.55. The van der Waals surface area contributed by atoms with Crippen LogP contribution in [0.1, 0.15) is 37.8 Å². The van der Waals surface area contributed by atoms with Crippen LogP contribution in [0.25, 0.3) is 0 Å². The third kappa shape index (κ3) is 5.61. The van der Waals surface area contributed by atoms with Gasteiger partial charge < -0.3 is 10.1 Å². The van der Waals surface area contributed by atoms with Gasteiger partial charge in [0.05, 0.1) is 6.61 Å². The summed E-state index contributed by atoms with van der Waals surface area (Å²) in [5.41, 5.74) is 2.77. The van der Waals surface area contributed by atoms with Crippen LogP contribution in [0.15, 0.2) is 24.3 Å². The van der Waals surface area contributed by atoms with Crippen molar-refractivity contribution in [2.45, 2.75) is 45.8 Å². The SMILES string of the molecule is CCOCCN(CC)Cc1ccc(CNC2CC2)cc1. The summed E-state index contributed by atoms with van der Waals surface area (Å²) in [6.07, 6.45) is 2.70. The van der Waals surface area contributed by atoms with Crippen LogP contribution in [0.4, 0.5) is 0 Å². The molecule has 112 valence electrons. The second-order valence-electron chi connectivity index (χ2n) is 5.54. The van der Waals surface area contributed by atoms with E-state index in [0.717, 1.165) is 45.4 Å². The van der Waals surface area contributed by atoms with Gasteiger partial charge in [0.15, 0.2) is 0 Å². The van der Waals surface area contributed by atoms with E-state index in [1.165, 1.54) is 24.0 Å². The van der Waals surface area contributed by atoms with Gasteiger partial charge in [-0.15, -0.1) is 0 Å². The molecule has 1 aromatic carbocycles. The van der Waals surface area contributed by atoms with E-state index < -0.39 is 0 Å². The van der Waals surface area contributed by atoms with Gasteiger partial charge in [-0.3, -0.25) is 4.90 Å². The molecule has 3 heteroatoms. The van der Waals surface area contributed by atoms with Crippen LogP contribution in [-0.2, 0) is 17.8 Å². The van der Waals surface area contributed by atoms with Crippen LogP contribution in [0, 0.1) is 0 Å². The van der Waals surface area contributed by atoms with Crippen molar-refractivity contribution >= 4 is 0 Å². The molecule has 0 heterocycles. The largest absolute Gasteiger partial charge is 0.380 e. The molecule has 1 aromatic rings. The zero-order valence-corrected chi connectivity index (χ0v) is 12.9. The highest BCUT2D eigenvalue weighted by molar-refractivity contribution is 5.22. The van der Waals surface area contributed by atoms with Crippen molar-refractivity contribution in [1.82, 2.24) is 10.2 Å². The molecule has 20 heavy (non-hydrogen) atoms. The first-order valence-electron chi connectivity index (χ1n) is 7.93. The van der Waals surface area contributed by atoms with Crippen LogP contribution in [0.2, 0.25) is 0 Å². The van der Waals surface area contributed by atoms with Crippen LogP contribution < -0.4 is 5.32 Å². The number of likely N-dealkylation sites (N-methyl/N-ethyl adjacent to an activating group) is 1. The lowest BCUT2D eigenvalue weighted by Gasteiger charge is -2.20. The Kier molecular flexibility index (Phi) is 6.51. The number of rotatable bonds is 10. The molecule has 1 aliphatic rings. The van der Waals surface area contributed by atoms with Crippen molar-refractivity contribution < 1.29 is 4.74 Å². The molecule has 1 aliphatic carbocycles. The Hall–Kier alpha value is -0.900. The molecule has 1 N–H and O–H groups in total. The summed E-state index contributed by atoms with van der Waals surface area (Å²) >= 11 is 0. The van der Waals surface area contributed by atoms with Crippen molar-refractivity contribution in [2.75, 3.05) is 26.3 Å². The first-order chi connectivity index (χ1) is 9.81. The fourth-order valence-electron chi connectivity index (χ4n) is 2.26. The first kappa shape index (κ1) is 15.5. The molecule has 0 unspecified atom stereocenters. The summed E-state index contributed by atoms with van der Waals surface area (Å²) in [6.45, 7) is 9.98. The Morgan fingerprint density at radius 2 is 1.85 bits per heavy atom. The summed E-state index contributed by atoms with van der Waals surface area (Å²) in [4.78, 5) is 2.42. The van der Waals surface area contributed by atoms with Crippen molar-refractivity contribution in [2.24, 2.45) is 0 Å². The monoisotopic (exact) mass is 276 g/mol. The van der Waals surface area contributed by atoms with Crippen molar-refractivity contribution in [3.63, 3.8) is 0 Å². The minimum atomic E-state index is 0.781. The standard InChI is InChI=1S/C17H28N2O/c1-3-19(11-12-20-4-2)14-16-7-5-15(6-8-16)13-18-17-9-10-17/h5-8,17-18H,3-4,9-14H2,1-2H3. The zero-order chi connectivity index (χ0) is 14.2. The van der Waals surface area contributed by atoms with E-state index in [-0.39, 0.29) is 0 Å². The maximum absolute atomic E-state index is 5.43. The third-order valence-corrected chi connectivity index (χ3v) is 3.80. The molecule has 1 saturated carbocycles. The normalized spacial score (nSPS) is 14.9. The smallest absolute Gasteiger partial charge is 0.0593 e. The van der Waals surface area contributed by atoms with Gasteiger partial charge in [0.1, 0.15) is 0 Å². The van der Waals surface area contributed by atoms with E-state index in [2.05, 4.69) is 41.4 Å². The second-order valence-corrected chi connectivity index (χ2v) is 5.54. The number of benzene rings is 1. The predicted octanol–water partition coefficient (Wildman–Crippen LogP) is 2.80. The summed E-state index contributed by atoms with van der Waals surface area (Å²) < 4.78 is 5.43. The Balaban J connectivity index is 1.75. The van der Waals surface area contributed by atoms with Gasteiger partial charge in [-0.05, 0) is 37.4 Å². The van der Waals surface area contributed by atoms with E-state index >= 15 is 0 Å². The molecule has 0 saturated heterocycles. The van der Waals surface area contributed by atoms with Gasteiger partial charge >= 0.3 is 0 Å². The lowest BCUT2D eigenvalue weighted by molar-refractivity contribution is 0.113. The van der Waals surface area contributed by atoms with Gasteiger partial charge in [-0.25, -0.2) is 0 Å². The van der Waals surface area contributed by atoms with E-state index in [1.54, 1.807) is 0 Å². The molecule has 0 spiro atoms. The van der Waals surface area contributed by atoms with Gasteiger partial charge in [-0.2, -0.15) is 0 Å². The lowest BCUT2D eigenvalue weighted by Crippen LogP contribution is -2.27. The van der Waals surface area contributed by atoms with Crippen LogP contribution in [-0.4, -0.2) is 37.2 Å². The molecule has 2 rings (SSSR count). The molecule has 3 nitrogen and oxygen atoms in total. The lowest BCUT2D eigenvalue weighted by atomic mass is 10.1. The molecule has 0 aromatic heterocycles. The average molecular weight is 276 g/mol. The predicted molar refractivity (Wildman–Crippen MR) is 83.7 cm³/mol. The number of nitrogens with one attached hydrogen (secondary N) is 1. The Bertz CT molecular complexity index is 373. The number of ether oxygens (including phenoxy) is 1. The average Bonchev–Trinajstić information content (AvgIpc) is 3.30. The highest BCUT2D eigenvalue weighted by Crippen LogP contribution is 2.19. The summed E-state index contributed by atoms with van der Waals surface area (Å²) in [7, 11) is 0. The van der Waals surface area contributed by atoms with Crippen molar-refractivity contribution in [1.29, 1.82) is 0 Å². The molecular weight excluding hydrogens is 248 g/mol. The van der Waals surface area contributed by atoms with E-state index in [9.17, 15) is 0 Å². The molecule has 1 fully saturated rings. The van der Waals surface area contributed by atoms with Gasteiger partial charge in [0.2, 0.25) is 0 Å². The minimum Gasteiger partial charge on any atom is -0.380 e. The fourth-order valence-corrected chi connectivity index (χ4v) is 2.26. The maximum atomic E-state index is 5.43. The Morgan fingerprint density at radius 1 is 1.15 bits per heavy atom. The topological polar surface area (TPSA) is 24.5 Å². The molecule has 0 radical (unpaired) electrons. The summed E-state index contributed by atoms with van der Waals surface area (Å²) in [6, 6.07) is 9.80. The molecular formula is C17H28N2O. The molecule has 0 bridgehead atoms. The van der Waals surface area contributed by atoms with Crippen molar-refractivity contribution in [3.05, 3.63) is 35.4 Å². The van der Waals surface area contributed by atoms with Crippen molar-refractivity contribution in [3.8, 4) is 0 Å². The first-order valence-corrected chi connectivity index (χ1v) is 7.93. The van der Waals surface area contributed by atoms with E-state index in [4.69, 9.17) is 4.74 Å². The van der Waals surface area contributed by atoms with Gasteiger partial charge in [-0.1, -0.05) is 31.2 Å². The third-order valence-electron chi connectivity index (χ3n) is 3.80. The van der Waals surface area contributed by atoms with Crippen LogP contribution in [0.5, 0.6) is 0 Å². The number of hydrogen-bond donors (Lipinski definition) is 1. The molecule has 0 aliphatic heterocycles. The highest BCUT2D eigenvalue weighted by Gasteiger charge is 2.19. The van der Waals surface area contributed by atoms with Gasteiger partial charge in [0, 0.05) is 32.3 Å². The Morgan fingerprint density at radius 3 is 2.45 bits per heavy atom. The Labute approximate surface area is 123 Å². The van der Waals surface area contributed by atoms with Crippen LogP contribution >= 0.6 is 0 Å². The number of nitrogens with zero attached hydrogens (tertiary/aromatic N) is 1. The van der Waals surface area contributed by atoms with E-state index in [1.807, 2.05) is 6.92 Å². The second kappa shape index (κ2) is 8.40. The fraction of sp³-hybridized carbons (Fsp3) is 0.647. The zero-order valence-electron chi connectivity index (χ0n) is 12.9. The van der Waals surface area contributed by atoms with E-state index in [0.29, 0.717) is 0 Å². The molecule has 0 amide bonds. The summed E-state index contributed by atoms with van der Waals surface area (Å²) in [5.74, 6) is 0. The molecule has 0 atom stereocenters. The maximum Gasteiger partial charge on any atom is 0.0593 e. The number of hydrogen-bond acceptors (Lipinski definition) is 3. The quantitative estimate of drug-likeness (QED) is 0.665. The highest BCUT2D eigenvalue weighted by atomic mass is 16.5.